The monoisotopic (exact) mass is 986 g/mol. The smallest absolute Gasteiger partial charge is 0.220 e. The van der Waals surface area contributed by atoms with Gasteiger partial charge >= 0.3 is 0 Å². The number of hydrogen-bond acceptors (Lipinski definition) is 8. The molecule has 408 valence electrons. The van der Waals surface area contributed by atoms with Gasteiger partial charge in [0, 0.05) is 6.42 Å². The number of ether oxygens (including phenoxy) is 2. The topological polar surface area (TPSA) is 149 Å². The van der Waals surface area contributed by atoms with E-state index in [1.165, 1.54) is 180 Å². The molecule has 6 N–H and O–H groups in total. The Labute approximate surface area is 430 Å². The maximum Gasteiger partial charge on any atom is 0.220 e. The van der Waals surface area contributed by atoms with Gasteiger partial charge in [-0.3, -0.25) is 4.79 Å². The first kappa shape index (κ1) is 65.9. The van der Waals surface area contributed by atoms with Crippen molar-refractivity contribution >= 4 is 5.91 Å². The summed E-state index contributed by atoms with van der Waals surface area (Å²) in [5.41, 5.74) is 0. The van der Waals surface area contributed by atoms with Crippen LogP contribution in [0, 0.1) is 0 Å². The van der Waals surface area contributed by atoms with Gasteiger partial charge in [-0.2, -0.15) is 0 Å². The summed E-state index contributed by atoms with van der Waals surface area (Å²) in [5.74, 6) is -0.199. The third kappa shape index (κ3) is 39.4. The SMILES string of the molecule is CCCCC/C=C\C/C=C\C/C=C\CCCCCCCCC(=O)NC(COC1OC(CO)C(O)C(O)C1O)C(O)/C=C/CC/C=C/CCCCCCCCCCCCCCCCCCCCCCCC. The van der Waals surface area contributed by atoms with Crippen LogP contribution in [0.5, 0.6) is 0 Å². The number of nitrogens with one attached hydrogen (secondary N) is 1. The van der Waals surface area contributed by atoms with Crippen LogP contribution in [0.3, 0.4) is 0 Å². The summed E-state index contributed by atoms with van der Waals surface area (Å²) in [5, 5.41) is 54.5. The number of hydrogen-bond donors (Lipinski definition) is 6. The molecule has 9 heteroatoms. The van der Waals surface area contributed by atoms with Crippen molar-refractivity contribution in [2.75, 3.05) is 13.2 Å². The van der Waals surface area contributed by atoms with Crippen molar-refractivity contribution < 1.29 is 39.8 Å². The van der Waals surface area contributed by atoms with Crippen LogP contribution in [0.2, 0.25) is 0 Å². The predicted molar refractivity (Wildman–Crippen MR) is 295 cm³/mol. The van der Waals surface area contributed by atoms with Crippen molar-refractivity contribution in [1.82, 2.24) is 5.32 Å². The lowest BCUT2D eigenvalue weighted by Crippen LogP contribution is -2.60. The van der Waals surface area contributed by atoms with Crippen molar-refractivity contribution in [3.05, 3.63) is 60.8 Å². The number of aliphatic hydroxyl groups is 5. The van der Waals surface area contributed by atoms with Gasteiger partial charge in [0.25, 0.3) is 0 Å². The quantitative estimate of drug-likeness (QED) is 0.0261. The molecule has 0 aromatic carbocycles. The third-order valence-electron chi connectivity index (χ3n) is 13.8. The van der Waals surface area contributed by atoms with Gasteiger partial charge < -0.3 is 40.3 Å². The van der Waals surface area contributed by atoms with Crippen molar-refractivity contribution in [3.8, 4) is 0 Å². The molecule has 1 rings (SSSR count). The molecule has 0 spiro atoms. The summed E-state index contributed by atoms with van der Waals surface area (Å²) in [6.45, 7) is 3.75. The molecule has 0 aromatic heterocycles. The van der Waals surface area contributed by atoms with E-state index in [2.05, 4.69) is 67.8 Å². The van der Waals surface area contributed by atoms with Gasteiger partial charge in [0.1, 0.15) is 24.4 Å². The number of unbranched alkanes of at least 4 members (excludes halogenated alkanes) is 32. The van der Waals surface area contributed by atoms with E-state index in [0.29, 0.717) is 6.42 Å². The molecule has 1 heterocycles. The summed E-state index contributed by atoms with van der Waals surface area (Å²) in [4.78, 5) is 13.0. The lowest BCUT2D eigenvalue weighted by Gasteiger charge is -2.40. The van der Waals surface area contributed by atoms with Crippen molar-refractivity contribution in [1.29, 1.82) is 0 Å². The highest BCUT2D eigenvalue weighted by Gasteiger charge is 2.44. The average Bonchev–Trinajstić information content (AvgIpc) is 3.36. The van der Waals surface area contributed by atoms with Crippen LogP contribution in [0.1, 0.15) is 264 Å². The predicted octanol–water partition coefficient (Wildman–Crippen LogP) is 14.7. The van der Waals surface area contributed by atoms with Crippen LogP contribution in [0.15, 0.2) is 60.8 Å². The van der Waals surface area contributed by atoms with E-state index in [-0.39, 0.29) is 12.5 Å². The molecular formula is C61H111NO8. The molecule has 7 atom stereocenters. The van der Waals surface area contributed by atoms with E-state index in [0.717, 1.165) is 64.2 Å². The molecule has 7 unspecified atom stereocenters. The number of rotatable bonds is 50. The number of amides is 1. The Morgan fingerprint density at radius 2 is 0.857 bits per heavy atom. The Hall–Kier alpha value is -2.11. The van der Waals surface area contributed by atoms with Gasteiger partial charge in [0.05, 0.1) is 25.4 Å². The number of aliphatic hydroxyl groups excluding tert-OH is 5. The summed E-state index contributed by atoms with van der Waals surface area (Å²) >= 11 is 0. The molecule has 1 aliphatic rings. The van der Waals surface area contributed by atoms with Crippen LogP contribution in [-0.4, -0.2) is 87.5 Å². The number of allylic oxidation sites excluding steroid dienone is 9. The van der Waals surface area contributed by atoms with Gasteiger partial charge in [-0.25, -0.2) is 0 Å². The van der Waals surface area contributed by atoms with Crippen LogP contribution in [0.4, 0.5) is 0 Å². The maximum absolute atomic E-state index is 13.0. The zero-order valence-electron chi connectivity index (χ0n) is 45.3. The van der Waals surface area contributed by atoms with Crippen molar-refractivity contribution in [3.63, 3.8) is 0 Å². The first-order valence-corrected chi connectivity index (χ1v) is 29.5. The zero-order chi connectivity index (χ0) is 50.8. The van der Waals surface area contributed by atoms with Gasteiger partial charge in [-0.1, -0.05) is 248 Å². The van der Waals surface area contributed by atoms with Gasteiger partial charge in [-0.15, -0.1) is 0 Å². The maximum atomic E-state index is 13.0. The molecule has 0 bridgehead atoms. The fourth-order valence-electron chi connectivity index (χ4n) is 9.12. The molecule has 9 nitrogen and oxygen atoms in total. The van der Waals surface area contributed by atoms with E-state index in [1.807, 2.05) is 6.08 Å². The second kappa shape index (κ2) is 50.4. The summed E-state index contributed by atoms with van der Waals surface area (Å²) in [7, 11) is 0. The van der Waals surface area contributed by atoms with Crippen LogP contribution < -0.4 is 5.32 Å². The van der Waals surface area contributed by atoms with Crippen molar-refractivity contribution in [2.45, 2.75) is 307 Å². The Morgan fingerprint density at radius 1 is 0.486 bits per heavy atom. The molecule has 0 saturated carbocycles. The van der Waals surface area contributed by atoms with Gasteiger partial charge in [-0.05, 0) is 70.6 Å². The van der Waals surface area contributed by atoms with Crippen LogP contribution in [0.25, 0.3) is 0 Å². The lowest BCUT2D eigenvalue weighted by atomic mass is 9.99. The van der Waals surface area contributed by atoms with Crippen LogP contribution in [-0.2, 0) is 14.3 Å². The van der Waals surface area contributed by atoms with Gasteiger partial charge in [0.2, 0.25) is 5.91 Å². The van der Waals surface area contributed by atoms with E-state index in [1.54, 1.807) is 6.08 Å². The molecule has 1 saturated heterocycles. The largest absolute Gasteiger partial charge is 0.394 e. The minimum absolute atomic E-state index is 0.199. The summed E-state index contributed by atoms with van der Waals surface area (Å²) in [6.07, 6.45) is 61.5. The molecular weight excluding hydrogens is 875 g/mol. The fraction of sp³-hybridized carbons (Fsp3) is 0.820. The highest BCUT2D eigenvalue weighted by atomic mass is 16.7. The lowest BCUT2D eigenvalue weighted by molar-refractivity contribution is -0.302. The fourth-order valence-corrected chi connectivity index (χ4v) is 9.12. The van der Waals surface area contributed by atoms with E-state index >= 15 is 0 Å². The molecule has 0 aliphatic carbocycles. The first-order chi connectivity index (χ1) is 34.3. The van der Waals surface area contributed by atoms with E-state index in [9.17, 15) is 30.3 Å². The highest BCUT2D eigenvalue weighted by molar-refractivity contribution is 5.76. The molecule has 70 heavy (non-hydrogen) atoms. The second-order valence-electron chi connectivity index (χ2n) is 20.4. The zero-order valence-corrected chi connectivity index (χ0v) is 45.3. The Kier molecular flexibility index (Phi) is 47.5. The minimum atomic E-state index is -1.58. The summed E-state index contributed by atoms with van der Waals surface area (Å²) < 4.78 is 11.3. The number of carbonyl (C=O) groups is 1. The third-order valence-corrected chi connectivity index (χ3v) is 13.8. The average molecular weight is 987 g/mol. The van der Waals surface area contributed by atoms with Crippen LogP contribution >= 0.6 is 0 Å². The Balaban J connectivity index is 2.24. The number of carbonyl (C=O) groups excluding carboxylic acids is 1. The normalized spacial score (nSPS) is 19.8. The summed E-state index contributed by atoms with van der Waals surface area (Å²) in [6, 6.07) is -0.832. The van der Waals surface area contributed by atoms with Gasteiger partial charge in [0.15, 0.2) is 6.29 Å². The Morgan fingerprint density at radius 3 is 1.33 bits per heavy atom. The second-order valence-corrected chi connectivity index (χ2v) is 20.4. The molecule has 1 aliphatic heterocycles. The molecule has 0 radical (unpaired) electrons. The van der Waals surface area contributed by atoms with Crippen molar-refractivity contribution in [2.24, 2.45) is 0 Å². The molecule has 1 amide bonds. The van der Waals surface area contributed by atoms with E-state index < -0.39 is 49.5 Å². The van der Waals surface area contributed by atoms with E-state index in [4.69, 9.17) is 9.47 Å². The Bertz CT molecular complexity index is 1280. The highest BCUT2D eigenvalue weighted by Crippen LogP contribution is 2.23. The molecule has 0 aromatic rings. The standard InChI is InChI=1S/C61H111NO8/c1-3-5-7-9-11-13-15-17-19-21-23-24-25-26-27-28-29-30-31-33-34-36-38-40-42-44-46-48-50-55(64)54(53-69-61-60(68)59(67)58(66)56(52-63)70-61)62-57(65)51-49-47-45-43-41-39-37-35-32-22-20-18-16-14-12-10-8-6-4-2/h12,14,18,20,32,35,40,42,48,50,54-56,58-61,63-64,66-68H,3-11,13,15-17,19,21-31,33-34,36-39,41,43-47,49,51-53H2,1-2H3,(H,62,65)/b14-12-,20-18-,35-32-,42-40+,50-48+. The minimum Gasteiger partial charge on any atom is -0.394 e. The first-order valence-electron chi connectivity index (χ1n) is 29.5. The molecule has 1 fully saturated rings.